The van der Waals surface area contributed by atoms with Gasteiger partial charge in [-0.3, -0.25) is 0 Å². The SMILES string of the molecule is CCOc1ccc(-c2csc(CN)n2)cc1Br. The molecule has 2 N–H and O–H groups in total. The molecule has 0 radical (unpaired) electrons. The lowest BCUT2D eigenvalue weighted by molar-refractivity contribution is 0.338. The van der Waals surface area contributed by atoms with Gasteiger partial charge in [0.25, 0.3) is 0 Å². The molecule has 2 aromatic rings. The van der Waals surface area contributed by atoms with Crippen LogP contribution in [0.3, 0.4) is 0 Å². The minimum atomic E-state index is 0.489. The summed E-state index contributed by atoms with van der Waals surface area (Å²) in [5, 5.41) is 2.97. The average Bonchev–Trinajstić information content (AvgIpc) is 2.80. The maximum absolute atomic E-state index is 5.55. The number of hydrogen-bond acceptors (Lipinski definition) is 4. The number of nitrogens with zero attached hydrogens (tertiary/aromatic N) is 1. The fourth-order valence-electron chi connectivity index (χ4n) is 1.47. The summed E-state index contributed by atoms with van der Waals surface area (Å²) in [6.07, 6.45) is 0. The Morgan fingerprint density at radius 1 is 1.47 bits per heavy atom. The van der Waals surface area contributed by atoms with Crippen molar-refractivity contribution < 1.29 is 4.74 Å². The Morgan fingerprint density at radius 3 is 2.88 bits per heavy atom. The molecule has 0 spiro atoms. The normalized spacial score (nSPS) is 10.5. The van der Waals surface area contributed by atoms with E-state index in [0.29, 0.717) is 13.2 Å². The number of nitrogens with two attached hydrogens (primary N) is 1. The van der Waals surface area contributed by atoms with Gasteiger partial charge in [-0.25, -0.2) is 4.98 Å². The Labute approximate surface area is 113 Å². The number of ether oxygens (including phenoxy) is 1. The minimum Gasteiger partial charge on any atom is -0.493 e. The molecule has 1 aromatic carbocycles. The lowest BCUT2D eigenvalue weighted by Crippen LogP contribution is -1.95. The van der Waals surface area contributed by atoms with Crippen molar-refractivity contribution in [2.45, 2.75) is 13.5 Å². The van der Waals surface area contributed by atoms with Crippen LogP contribution in [0.25, 0.3) is 11.3 Å². The molecule has 0 aliphatic heterocycles. The Hall–Kier alpha value is -0.910. The van der Waals surface area contributed by atoms with Crippen molar-refractivity contribution in [1.82, 2.24) is 4.98 Å². The van der Waals surface area contributed by atoms with Crippen molar-refractivity contribution in [3.05, 3.63) is 33.1 Å². The Kier molecular flexibility index (Phi) is 4.15. The molecule has 1 aromatic heterocycles. The summed E-state index contributed by atoms with van der Waals surface area (Å²) >= 11 is 5.08. The molecule has 0 bridgehead atoms. The summed E-state index contributed by atoms with van der Waals surface area (Å²) in [5.41, 5.74) is 7.58. The van der Waals surface area contributed by atoms with Gasteiger partial charge in [-0.05, 0) is 41.1 Å². The smallest absolute Gasteiger partial charge is 0.133 e. The Bertz CT molecular complexity index is 513. The molecule has 0 atom stereocenters. The summed E-state index contributed by atoms with van der Waals surface area (Å²) in [4.78, 5) is 4.45. The standard InChI is InChI=1S/C12H13BrN2OS/c1-2-16-11-4-3-8(5-9(11)13)10-7-17-12(6-14)15-10/h3-5,7H,2,6,14H2,1H3. The van der Waals surface area contributed by atoms with Crippen LogP contribution in [0.15, 0.2) is 28.1 Å². The van der Waals surface area contributed by atoms with E-state index in [1.807, 2.05) is 30.5 Å². The highest BCUT2D eigenvalue weighted by Gasteiger charge is 2.07. The topological polar surface area (TPSA) is 48.1 Å². The fourth-order valence-corrected chi connectivity index (χ4v) is 2.65. The predicted octanol–water partition coefficient (Wildman–Crippen LogP) is 3.43. The third-order valence-electron chi connectivity index (χ3n) is 2.25. The second-order valence-electron chi connectivity index (χ2n) is 3.41. The molecule has 17 heavy (non-hydrogen) atoms. The van der Waals surface area contributed by atoms with Gasteiger partial charge in [0.15, 0.2) is 0 Å². The second kappa shape index (κ2) is 5.62. The largest absolute Gasteiger partial charge is 0.493 e. The van der Waals surface area contributed by atoms with Crippen LogP contribution in [-0.4, -0.2) is 11.6 Å². The Morgan fingerprint density at radius 2 is 2.29 bits per heavy atom. The maximum Gasteiger partial charge on any atom is 0.133 e. The molecule has 2 rings (SSSR count). The van der Waals surface area contributed by atoms with Gasteiger partial charge < -0.3 is 10.5 Å². The van der Waals surface area contributed by atoms with E-state index >= 15 is 0 Å². The van der Waals surface area contributed by atoms with Crippen LogP contribution in [-0.2, 0) is 6.54 Å². The molecule has 0 aliphatic carbocycles. The van der Waals surface area contributed by atoms with Gasteiger partial charge in [-0.2, -0.15) is 0 Å². The first-order valence-corrected chi connectivity index (χ1v) is 6.99. The zero-order chi connectivity index (χ0) is 12.3. The van der Waals surface area contributed by atoms with E-state index in [0.717, 1.165) is 26.5 Å². The Balaban J connectivity index is 2.30. The average molecular weight is 313 g/mol. The molecule has 5 heteroatoms. The van der Waals surface area contributed by atoms with Crippen molar-refractivity contribution in [3.8, 4) is 17.0 Å². The maximum atomic E-state index is 5.55. The molecule has 0 saturated heterocycles. The highest BCUT2D eigenvalue weighted by atomic mass is 79.9. The van der Waals surface area contributed by atoms with E-state index in [9.17, 15) is 0 Å². The summed E-state index contributed by atoms with van der Waals surface area (Å²) in [7, 11) is 0. The third kappa shape index (κ3) is 2.86. The summed E-state index contributed by atoms with van der Waals surface area (Å²) < 4.78 is 6.41. The van der Waals surface area contributed by atoms with Crippen molar-refractivity contribution in [1.29, 1.82) is 0 Å². The molecule has 90 valence electrons. The first-order chi connectivity index (χ1) is 8.24. The van der Waals surface area contributed by atoms with E-state index in [1.54, 1.807) is 11.3 Å². The summed E-state index contributed by atoms with van der Waals surface area (Å²) in [6.45, 7) is 3.11. The monoisotopic (exact) mass is 312 g/mol. The van der Waals surface area contributed by atoms with E-state index in [2.05, 4.69) is 20.9 Å². The van der Waals surface area contributed by atoms with Crippen molar-refractivity contribution in [3.63, 3.8) is 0 Å². The summed E-state index contributed by atoms with van der Waals surface area (Å²) in [6, 6.07) is 5.97. The van der Waals surface area contributed by atoms with Gasteiger partial charge in [-0.15, -0.1) is 11.3 Å². The van der Waals surface area contributed by atoms with Gasteiger partial charge in [0.1, 0.15) is 10.8 Å². The first kappa shape index (κ1) is 12.5. The van der Waals surface area contributed by atoms with E-state index in [4.69, 9.17) is 10.5 Å². The van der Waals surface area contributed by atoms with Crippen LogP contribution < -0.4 is 10.5 Å². The van der Waals surface area contributed by atoms with Crippen LogP contribution in [0, 0.1) is 0 Å². The number of thiazole rings is 1. The van der Waals surface area contributed by atoms with Crippen LogP contribution in [0.2, 0.25) is 0 Å². The van der Waals surface area contributed by atoms with E-state index in [-0.39, 0.29) is 0 Å². The molecule has 0 aliphatic rings. The quantitative estimate of drug-likeness (QED) is 0.941. The predicted molar refractivity (Wildman–Crippen MR) is 74.3 cm³/mol. The zero-order valence-corrected chi connectivity index (χ0v) is 11.8. The molecular formula is C12H13BrN2OS. The van der Waals surface area contributed by atoms with Crippen molar-refractivity contribution >= 4 is 27.3 Å². The second-order valence-corrected chi connectivity index (χ2v) is 5.21. The molecule has 0 unspecified atom stereocenters. The molecule has 1 heterocycles. The van der Waals surface area contributed by atoms with Crippen LogP contribution in [0.4, 0.5) is 0 Å². The third-order valence-corrected chi connectivity index (χ3v) is 3.74. The highest BCUT2D eigenvalue weighted by Crippen LogP contribution is 2.31. The first-order valence-electron chi connectivity index (χ1n) is 5.31. The number of rotatable bonds is 4. The number of hydrogen-bond donors (Lipinski definition) is 1. The minimum absolute atomic E-state index is 0.489. The van der Waals surface area contributed by atoms with Crippen molar-refractivity contribution in [2.75, 3.05) is 6.61 Å². The van der Waals surface area contributed by atoms with Gasteiger partial charge in [0.2, 0.25) is 0 Å². The lowest BCUT2D eigenvalue weighted by Gasteiger charge is -2.06. The number of halogens is 1. The summed E-state index contributed by atoms with van der Waals surface area (Å²) in [5.74, 6) is 0.852. The van der Waals surface area contributed by atoms with Gasteiger partial charge in [0, 0.05) is 17.5 Å². The number of benzene rings is 1. The highest BCUT2D eigenvalue weighted by molar-refractivity contribution is 9.10. The molecule has 0 amide bonds. The molecule has 3 nitrogen and oxygen atoms in total. The van der Waals surface area contributed by atoms with E-state index in [1.165, 1.54) is 0 Å². The van der Waals surface area contributed by atoms with Crippen LogP contribution in [0.5, 0.6) is 5.75 Å². The molecule has 0 fully saturated rings. The molecular weight excluding hydrogens is 300 g/mol. The van der Waals surface area contributed by atoms with Crippen molar-refractivity contribution in [2.24, 2.45) is 5.73 Å². The van der Waals surface area contributed by atoms with Gasteiger partial charge >= 0.3 is 0 Å². The lowest BCUT2D eigenvalue weighted by atomic mass is 10.2. The van der Waals surface area contributed by atoms with Gasteiger partial charge in [-0.1, -0.05) is 0 Å². The zero-order valence-electron chi connectivity index (χ0n) is 9.44. The fraction of sp³-hybridized carbons (Fsp3) is 0.250. The van der Waals surface area contributed by atoms with E-state index < -0.39 is 0 Å². The molecule has 0 saturated carbocycles. The van der Waals surface area contributed by atoms with Crippen LogP contribution in [0.1, 0.15) is 11.9 Å². The number of aromatic nitrogens is 1. The van der Waals surface area contributed by atoms with Gasteiger partial charge in [0.05, 0.1) is 16.8 Å². The van der Waals surface area contributed by atoms with Crippen LogP contribution >= 0.6 is 27.3 Å².